The number of phenolic OH excluding ortho intramolecular Hbond substituents is 1. The van der Waals surface area contributed by atoms with Gasteiger partial charge >= 0.3 is 0 Å². The van der Waals surface area contributed by atoms with E-state index in [0.717, 1.165) is 0 Å². The van der Waals surface area contributed by atoms with Gasteiger partial charge in [0, 0.05) is 32.2 Å². The SMILES string of the molecule is CNC(=O)C1CNCCN1C(=O)c1cccc(O)c1. The predicted molar refractivity (Wildman–Crippen MR) is 69.9 cm³/mol. The third kappa shape index (κ3) is 2.85. The van der Waals surface area contributed by atoms with Crippen LogP contribution in [0.3, 0.4) is 0 Å². The van der Waals surface area contributed by atoms with Crippen LogP contribution in [0, 0.1) is 0 Å². The van der Waals surface area contributed by atoms with Gasteiger partial charge in [0.05, 0.1) is 0 Å². The fourth-order valence-corrected chi connectivity index (χ4v) is 2.15. The molecule has 0 aliphatic carbocycles. The molecule has 2 rings (SSSR count). The molecule has 2 amide bonds. The molecule has 0 bridgehead atoms. The lowest BCUT2D eigenvalue weighted by atomic mass is 10.1. The molecule has 1 aliphatic rings. The monoisotopic (exact) mass is 263 g/mol. The topological polar surface area (TPSA) is 81.7 Å². The Morgan fingerprint density at radius 2 is 2.26 bits per heavy atom. The molecular weight excluding hydrogens is 246 g/mol. The minimum atomic E-state index is -0.520. The van der Waals surface area contributed by atoms with Crippen molar-refractivity contribution >= 4 is 11.8 Å². The van der Waals surface area contributed by atoms with E-state index in [4.69, 9.17) is 0 Å². The Balaban J connectivity index is 2.22. The molecule has 0 aromatic heterocycles. The Morgan fingerprint density at radius 3 is 2.95 bits per heavy atom. The molecule has 6 nitrogen and oxygen atoms in total. The van der Waals surface area contributed by atoms with Crippen molar-refractivity contribution in [2.24, 2.45) is 0 Å². The standard InChI is InChI=1S/C13H17N3O3/c1-14-12(18)11-8-15-5-6-16(11)13(19)9-3-2-4-10(17)7-9/h2-4,7,11,15,17H,5-6,8H2,1H3,(H,14,18). The highest BCUT2D eigenvalue weighted by molar-refractivity contribution is 5.98. The number of aromatic hydroxyl groups is 1. The third-order valence-corrected chi connectivity index (χ3v) is 3.15. The smallest absolute Gasteiger partial charge is 0.254 e. The van der Waals surface area contributed by atoms with Gasteiger partial charge in [-0.25, -0.2) is 0 Å². The molecule has 1 aromatic rings. The minimum absolute atomic E-state index is 0.0393. The highest BCUT2D eigenvalue weighted by Gasteiger charge is 2.31. The number of phenols is 1. The van der Waals surface area contributed by atoms with Crippen LogP contribution in [-0.2, 0) is 4.79 Å². The van der Waals surface area contributed by atoms with Gasteiger partial charge in [-0.2, -0.15) is 0 Å². The maximum Gasteiger partial charge on any atom is 0.254 e. The van der Waals surface area contributed by atoms with Crippen LogP contribution in [0.1, 0.15) is 10.4 Å². The lowest BCUT2D eigenvalue weighted by Gasteiger charge is -2.35. The second kappa shape index (κ2) is 5.71. The fourth-order valence-electron chi connectivity index (χ4n) is 2.15. The first kappa shape index (κ1) is 13.4. The van der Waals surface area contributed by atoms with Crippen LogP contribution in [0.15, 0.2) is 24.3 Å². The van der Waals surface area contributed by atoms with E-state index in [2.05, 4.69) is 10.6 Å². The summed E-state index contributed by atoms with van der Waals surface area (Å²) in [6, 6.07) is 5.63. The number of carbonyl (C=O) groups is 2. The van der Waals surface area contributed by atoms with E-state index in [9.17, 15) is 14.7 Å². The Morgan fingerprint density at radius 1 is 1.47 bits per heavy atom. The summed E-state index contributed by atoms with van der Waals surface area (Å²) >= 11 is 0. The molecule has 102 valence electrons. The van der Waals surface area contributed by atoms with E-state index >= 15 is 0 Å². The van der Waals surface area contributed by atoms with E-state index < -0.39 is 6.04 Å². The molecule has 1 saturated heterocycles. The first-order chi connectivity index (χ1) is 9.13. The van der Waals surface area contributed by atoms with Crippen molar-refractivity contribution in [3.05, 3.63) is 29.8 Å². The molecule has 1 fully saturated rings. The first-order valence-electron chi connectivity index (χ1n) is 6.16. The van der Waals surface area contributed by atoms with Gasteiger partial charge in [0.2, 0.25) is 5.91 Å². The average Bonchev–Trinajstić information content (AvgIpc) is 2.45. The molecule has 1 aromatic carbocycles. The molecule has 0 saturated carbocycles. The number of likely N-dealkylation sites (N-methyl/N-ethyl adjacent to an activating group) is 1. The van der Waals surface area contributed by atoms with Gasteiger partial charge in [0.25, 0.3) is 5.91 Å². The van der Waals surface area contributed by atoms with Crippen molar-refractivity contribution in [1.82, 2.24) is 15.5 Å². The molecule has 1 heterocycles. The summed E-state index contributed by atoms with van der Waals surface area (Å²) in [5, 5.41) is 15.1. The predicted octanol–water partition coefficient (Wildman–Crippen LogP) is -0.448. The van der Waals surface area contributed by atoms with Crippen LogP contribution < -0.4 is 10.6 Å². The van der Waals surface area contributed by atoms with E-state index in [1.54, 1.807) is 19.2 Å². The van der Waals surface area contributed by atoms with E-state index in [-0.39, 0.29) is 17.6 Å². The largest absolute Gasteiger partial charge is 0.508 e. The number of carbonyl (C=O) groups excluding carboxylic acids is 2. The highest BCUT2D eigenvalue weighted by atomic mass is 16.3. The van der Waals surface area contributed by atoms with Crippen LogP contribution in [0.2, 0.25) is 0 Å². The van der Waals surface area contributed by atoms with Crippen molar-refractivity contribution < 1.29 is 14.7 Å². The average molecular weight is 263 g/mol. The van der Waals surface area contributed by atoms with Crippen LogP contribution in [0.5, 0.6) is 5.75 Å². The summed E-state index contributed by atoms with van der Waals surface area (Å²) in [7, 11) is 1.55. The number of piperazine rings is 1. The Bertz CT molecular complexity index is 490. The van der Waals surface area contributed by atoms with E-state index in [0.29, 0.717) is 25.2 Å². The molecule has 0 spiro atoms. The maximum atomic E-state index is 12.4. The van der Waals surface area contributed by atoms with Crippen LogP contribution in [0.25, 0.3) is 0 Å². The van der Waals surface area contributed by atoms with Gasteiger partial charge in [-0.15, -0.1) is 0 Å². The van der Waals surface area contributed by atoms with Crippen LogP contribution in [-0.4, -0.2) is 54.5 Å². The first-order valence-corrected chi connectivity index (χ1v) is 6.16. The number of hydrogen-bond donors (Lipinski definition) is 3. The quantitative estimate of drug-likeness (QED) is 0.675. The van der Waals surface area contributed by atoms with Gasteiger partial charge in [0.15, 0.2) is 0 Å². The second-order valence-corrected chi connectivity index (χ2v) is 4.38. The Hall–Kier alpha value is -2.08. The van der Waals surface area contributed by atoms with E-state index in [1.807, 2.05) is 0 Å². The molecular formula is C13H17N3O3. The zero-order valence-corrected chi connectivity index (χ0v) is 10.7. The van der Waals surface area contributed by atoms with E-state index in [1.165, 1.54) is 17.0 Å². The zero-order chi connectivity index (χ0) is 13.8. The number of rotatable bonds is 2. The fraction of sp³-hybridized carbons (Fsp3) is 0.385. The Kier molecular flexibility index (Phi) is 4.01. The molecule has 3 N–H and O–H groups in total. The molecule has 6 heteroatoms. The normalized spacial score (nSPS) is 19.0. The van der Waals surface area contributed by atoms with Gasteiger partial charge in [-0.3, -0.25) is 9.59 Å². The summed E-state index contributed by atoms with van der Waals surface area (Å²) in [5.74, 6) is -0.399. The summed E-state index contributed by atoms with van der Waals surface area (Å²) < 4.78 is 0. The lowest BCUT2D eigenvalue weighted by molar-refractivity contribution is -0.125. The summed E-state index contributed by atoms with van der Waals surface area (Å²) in [6.07, 6.45) is 0. The highest BCUT2D eigenvalue weighted by Crippen LogP contribution is 2.15. The summed E-state index contributed by atoms with van der Waals surface area (Å²) in [4.78, 5) is 25.7. The molecule has 1 atom stereocenters. The molecule has 1 unspecified atom stereocenters. The van der Waals surface area contributed by atoms with Crippen molar-refractivity contribution in [2.75, 3.05) is 26.7 Å². The summed E-state index contributed by atoms with van der Waals surface area (Å²) in [6.45, 7) is 1.55. The molecule has 19 heavy (non-hydrogen) atoms. The number of nitrogens with zero attached hydrogens (tertiary/aromatic N) is 1. The van der Waals surface area contributed by atoms with Crippen LogP contribution >= 0.6 is 0 Å². The molecule has 1 aliphatic heterocycles. The second-order valence-electron chi connectivity index (χ2n) is 4.38. The van der Waals surface area contributed by atoms with Gasteiger partial charge in [-0.1, -0.05) is 6.07 Å². The van der Waals surface area contributed by atoms with Crippen molar-refractivity contribution in [2.45, 2.75) is 6.04 Å². The number of benzene rings is 1. The number of amides is 2. The minimum Gasteiger partial charge on any atom is -0.508 e. The lowest BCUT2D eigenvalue weighted by Crippen LogP contribution is -2.59. The van der Waals surface area contributed by atoms with Crippen molar-refractivity contribution in [3.8, 4) is 5.75 Å². The van der Waals surface area contributed by atoms with Gasteiger partial charge < -0.3 is 20.6 Å². The van der Waals surface area contributed by atoms with Crippen molar-refractivity contribution in [3.63, 3.8) is 0 Å². The van der Waals surface area contributed by atoms with Gasteiger partial charge in [-0.05, 0) is 18.2 Å². The summed E-state index contributed by atoms with van der Waals surface area (Å²) in [5.41, 5.74) is 0.385. The van der Waals surface area contributed by atoms with Crippen LogP contribution in [0.4, 0.5) is 0 Å². The van der Waals surface area contributed by atoms with Crippen molar-refractivity contribution in [1.29, 1.82) is 0 Å². The Labute approximate surface area is 111 Å². The third-order valence-electron chi connectivity index (χ3n) is 3.15. The zero-order valence-electron chi connectivity index (χ0n) is 10.7. The molecule has 0 radical (unpaired) electrons. The maximum absolute atomic E-state index is 12.4. The van der Waals surface area contributed by atoms with Gasteiger partial charge in [0.1, 0.15) is 11.8 Å². The number of hydrogen-bond acceptors (Lipinski definition) is 4. The number of nitrogens with one attached hydrogen (secondary N) is 2.